The normalized spacial score (nSPS) is 10.7. The summed E-state index contributed by atoms with van der Waals surface area (Å²) in [5.74, 6) is 0.672. The van der Waals surface area contributed by atoms with E-state index in [1.807, 2.05) is 6.92 Å². The number of rotatable bonds is 10. The lowest BCUT2D eigenvalue weighted by atomic mass is 10.2. The molecule has 0 saturated carbocycles. The molecule has 0 heterocycles. The molecule has 0 fully saturated rings. The van der Waals surface area contributed by atoms with Gasteiger partial charge in [0.1, 0.15) is 0 Å². The zero-order valence-electron chi connectivity index (χ0n) is 12.7. The molecule has 0 spiro atoms. The summed E-state index contributed by atoms with van der Waals surface area (Å²) in [6.45, 7) is 5.02. The van der Waals surface area contributed by atoms with Gasteiger partial charge >= 0.3 is 5.97 Å². The van der Waals surface area contributed by atoms with Crippen LogP contribution in [0.5, 0.6) is 0 Å². The Labute approximate surface area is 139 Å². The molecular formula is C13H28IN3O3. The number of carbonyl (C=O) groups excluding carboxylic acids is 1. The summed E-state index contributed by atoms with van der Waals surface area (Å²) in [7, 11) is 3.09. The van der Waals surface area contributed by atoms with Gasteiger partial charge in [0.25, 0.3) is 0 Å². The molecule has 0 radical (unpaired) electrons. The van der Waals surface area contributed by atoms with Gasteiger partial charge in [-0.15, -0.1) is 24.0 Å². The van der Waals surface area contributed by atoms with Gasteiger partial charge in [0.15, 0.2) is 5.96 Å². The molecular weight excluding hydrogens is 373 g/mol. The SMILES string of the molecule is CCNC(=NCCCCCC(=O)OC)NCCOC.I. The largest absolute Gasteiger partial charge is 0.469 e. The minimum absolute atomic E-state index is 0. The summed E-state index contributed by atoms with van der Waals surface area (Å²) in [6.07, 6.45) is 3.30. The fraction of sp³-hybridized carbons (Fsp3) is 0.846. The lowest BCUT2D eigenvalue weighted by Crippen LogP contribution is -2.39. The van der Waals surface area contributed by atoms with E-state index in [1.54, 1.807) is 7.11 Å². The van der Waals surface area contributed by atoms with Crippen molar-refractivity contribution in [3.8, 4) is 0 Å². The number of nitrogens with zero attached hydrogens (tertiary/aromatic N) is 1. The van der Waals surface area contributed by atoms with Crippen LogP contribution >= 0.6 is 24.0 Å². The maximum atomic E-state index is 10.9. The highest BCUT2D eigenvalue weighted by molar-refractivity contribution is 14.0. The lowest BCUT2D eigenvalue weighted by Gasteiger charge is -2.10. The topological polar surface area (TPSA) is 72.0 Å². The van der Waals surface area contributed by atoms with Crippen LogP contribution in [0, 0.1) is 0 Å². The van der Waals surface area contributed by atoms with E-state index in [0.29, 0.717) is 13.0 Å². The number of hydrogen-bond donors (Lipinski definition) is 2. The van der Waals surface area contributed by atoms with Gasteiger partial charge in [0.2, 0.25) is 0 Å². The van der Waals surface area contributed by atoms with Crippen LogP contribution < -0.4 is 10.6 Å². The molecule has 6 nitrogen and oxygen atoms in total. The quantitative estimate of drug-likeness (QED) is 0.191. The number of carbonyl (C=O) groups is 1. The van der Waals surface area contributed by atoms with Crippen molar-refractivity contribution in [3.05, 3.63) is 0 Å². The highest BCUT2D eigenvalue weighted by Crippen LogP contribution is 2.01. The summed E-state index contributed by atoms with van der Waals surface area (Å²) in [5, 5.41) is 6.35. The molecule has 0 atom stereocenters. The van der Waals surface area contributed by atoms with E-state index in [9.17, 15) is 4.79 Å². The summed E-state index contributed by atoms with van der Waals surface area (Å²) in [5.41, 5.74) is 0. The molecule has 0 aromatic rings. The highest BCUT2D eigenvalue weighted by Gasteiger charge is 1.99. The number of guanidine groups is 1. The van der Waals surface area contributed by atoms with E-state index in [-0.39, 0.29) is 29.9 Å². The minimum atomic E-state index is -0.141. The summed E-state index contributed by atoms with van der Waals surface area (Å²) < 4.78 is 9.56. The highest BCUT2D eigenvalue weighted by atomic mass is 127. The molecule has 0 aromatic carbocycles. The van der Waals surface area contributed by atoms with E-state index < -0.39 is 0 Å². The molecule has 7 heteroatoms. The Kier molecular flexibility index (Phi) is 17.9. The van der Waals surface area contributed by atoms with Gasteiger partial charge in [-0.1, -0.05) is 6.42 Å². The van der Waals surface area contributed by atoms with Crippen molar-refractivity contribution in [1.29, 1.82) is 0 Å². The maximum Gasteiger partial charge on any atom is 0.305 e. The van der Waals surface area contributed by atoms with E-state index in [2.05, 4.69) is 20.4 Å². The molecule has 2 N–H and O–H groups in total. The second-order valence-corrected chi connectivity index (χ2v) is 4.07. The number of methoxy groups -OCH3 is 2. The fourth-order valence-electron chi connectivity index (χ4n) is 1.46. The number of unbranched alkanes of at least 4 members (excludes halogenated alkanes) is 2. The van der Waals surface area contributed by atoms with E-state index in [0.717, 1.165) is 44.9 Å². The third kappa shape index (κ3) is 13.9. The minimum Gasteiger partial charge on any atom is -0.469 e. The van der Waals surface area contributed by atoms with Crippen LogP contribution in [0.2, 0.25) is 0 Å². The van der Waals surface area contributed by atoms with Crippen molar-refractivity contribution in [1.82, 2.24) is 10.6 Å². The Bertz CT molecular complexity index is 263. The molecule has 0 aliphatic carbocycles. The molecule has 0 aliphatic heterocycles. The fourth-order valence-corrected chi connectivity index (χ4v) is 1.46. The zero-order valence-corrected chi connectivity index (χ0v) is 15.1. The number of nitrogens with one attached hydrogen (secondary N) is 2. The smallest absolute Gasteiger partial charge is 0.305 e. The second kappa shape index (κ2) is 16.5. The lowest BCUT2D eigenvalue weighted by molar-refractivity contribution is -0.140. The molecule has 20 heavy (non-hydrogen) atoms. The Morgan fingerprint density at radius 2 is 1.90 bits per heavy atom. The summed E-state index contributed by atoms with van der Waals surface area (Å²) in [6, 6.07) is 0. The first-order valence-electron chi connectivity index (χ1n) is 6.82. The molecule has 0 saturated heterocycles. The number of ether oxygens (including phenoxy) is 2. The average molecular weight is 401 g/mol. The van der Waals surface area contributed by atoms with Crippen molar-refractivity contribution in [2.45, 2.75) is 32.6 Å². The third-order valence-electron chi connectivity index (χ3n) is 2.48. The van der Waals surface area contributed by atoms with Crippen molar-refractivity contribution in [2.75, 3.05) is 40.5 Å². The van der Waals surface area contributed by atoms with Crippen LogP contribution in [0.3, 0.4) is 0 Å². The van der Waals surface area contributed by atoms with Crippen molar-refractivity contribution in [3.63, 3.8) is 0 Å². The van der Waals surface area contributed by atoms with Crippen LogP contribution in [-0.4, -0.2) is 52.4 Å². The van der Waals surface area contributed by atoms with Crippen molar-refractivity contribution < 1.29 is 14.3 Å². The Hall–Kier alpha value is -0.570. The molecule has 0 unspecified atom stereocenters. The first-order chi connectivity index (χ1) is 9.24. The van der Waals surface area contributed by atoms with Crippen LogP contribution in [0.4, 0.5) is 0 Å². The van der Waals surface area contributed by atoms with Gasteiger partial charge in [-0.2, -0.15) is 0 Å². The second-order valence-electron chi connectivity index (χ2n) is 4.07. The first-order valence-corrected chi connectivity index (χ1v) is 6.82. The number of aliphatic imine (C=N–C) groups is 1. The zero-order chi connectivity index (χ0) is 14.3. The predicted molar refractivity (Wildman–Crippen MR) is 91.8 cm³/mol. The van der Waals surface area contributed by atoms with Crippen LogP contribution in [-0.2, 0) is 14.3 Å². The Morgan fingerprint density at radius 1 is 1.15 bits per heavy atom. The molecule has 0 aromatic heterocycles. The molecule has 0 bridgehead atoms. The number of esters is 1. The van der Waals surface area contributed by atoms with Gasteiger partial charge in [0.05, 0.1) is 13.7 Å². The summed E-state index contributed by atoms with van der Waals surface area (Å²) in [4.78, 5) is 15.3. The van der Waals surface area contributed by atoms with Crippen LogP contribution in [0.15, 0.2) is 4.99 Å². The maximum absolute atomic E-state index is 10.9. The van der Waals surface area contributed by atoms with Crippen molar-refractivity contribution in [2.24, 2.45) is 4.99 Å². The van der Waals surface area contributed by atoms with Crippen LogP contribution in [0.25, 0.3) is 0 Å². The molecule has 0 rings (SSSR count). The third-order valence-corrected chi connectivity index (χ3v) is 2.48. The van der Waals surface area contributed by atoms with Gasteiger partial charge < -0.3 is 20.1 Å². The van der Waals surface area contributed by atoms with E-state index in [4.69, 9.17) is 4.74 Å². The van der Waals surface area contributed by atoms with E-state index in [1.165, 1.54) is 7.11 Å². The monoisotopic (exact) mass is 401 g/mol. The van der Waals surface area contributed by atoms with E-state index >= 15 is 0 Å². The van der Waals surface area contributed by atoms with Gasteiger partial charge in [-0.25, -0.2) is 0 Å². The Balaban J connectivity index is 0. The predicted octanol–water partition coefficient (Wildman–Crippen LogP) is 1.54. The summed E-state index contributed by atoms with van der Waals surface area (Å²) >= 11 is 0. The van der Waals surface area contributed by atoms with Gasteiger partial charge in [0, 0.05) is 33.2 Å². The molecule has 120 valence electrons. The molecule has 0 aliphatic rings. The first kappa shape index (κ1) is 21.7. The standard InChI is InChI=1S/C13H27N3O3.HI/c1-4-14-13(16-10-11-18-2)15-9-7-5-6-8-12(17)19-3;/h4-11H2,1-3H3,(H2,14,15,16);1H. The number of hydrogen-bond acceptors (Lipinski definition) is 4. The average Bonchev–Trinajstić information content (AvgIpc) is 2.42. The van der Waals surface area contributed by atoms with Gasteiger partial charge in [-0.3, -0.25) is 9.79 Å². The number of halogens is 1. The Morgan fingerprint density at radius 3 is 2.50 bits per heavy atom. The van der Waals surface area contributed by atoms with Crippen LogP contribution in [0.1, 0.15) is 32.6 Å². The van der Waals surface area contributed by atoms with Gasteiger partial charge in [-0.05, 0) is 19.8 Å². The van der Waals surface area contributed by atoms with Crippen molar-refractivity contribution >= 4 is 35.9 Å². The molecule has 0 amide bonds.